The van der Waals surface area contributed by atoms with Gasteiger partial charge in [0.25, 0.3) is 0 Å². The monoisotopic (exact) mass is 386 g/mol. The van der Waals surface area contributed by atoms with E-state index in [1.807, 2.05) is 47.8 Å². The van der Waals surface area contributed by atoms with Crippen LogP contribution in [0.1, 0.15) is 11.6 Å². The highest BCUT2D eigenvalue weighted by molar-refractivity contribution is 7.14. The largest absolute Gasteiger partial charge is 0.497 e. The Morgan fingerprint density at radius 1 is 1.19 bits per heavy atom. The fourth-order valence-corrected chi connectivity index (χ4v) is 3.95. The number of hydrogen-bond donors (Lipinski definition) is 1. The van der Waals surface area contributed by atoms with Crippen molar-refractivity contribution in [3.63, 3.8) is 0 Å². The van der Waals surface area contributed by atoms with Gasteiger partial charge in [-0.25, -0.2) is 9.97 Å². The maximum absolute atomic E-state index is 12.3. The summed E-state index contributed by atoms with van der Waals surface area (Å²) in [4.78, 5) is 22.7. The highest BCUT2D eigenvalue weighted by atomic mass is 35.5. The third-order valence-corrected chi connectivity index (χ3v) is 5.37. The standard InChI is InChI=1S/C18H15ClN4O2S/c1-25-12-7-5-11(6-8-12)16-15(19)17(24)23(16)18-22-14(10-26-18)21-13-4-2-3-9-20-13/h2-10,15-16H,1H3,(H,20,21). The van der Waals surface area contributed by atoms with Gasteiger partial charge in [-0.2, -0.15) is 0 Å². The van der Waals surface area contributed by atoms with Crippen LogP contribution in [0.25, 0.3) is 0 Å². The zero-order valence-electron chi connectivity index (χ0n) is 13.8. The molecule has 2 aromatic heterocycles. The van der Waals surface area contributed by atoms with Crippen LogP contribution in [0.3, 0.4) is 0 Å². The first-order valence-electron chi connectivity index (χ1n) is 7.92. The number of rotatable bonds is 5. The molecule has 6 nitrogen and oxygen atoms in total. The SMILES string of the molecule is COc1ccc(C2C(Cl)C(=O)N2c2nc(Nc3ccccn3)cs2)cc1. The number of methoxy groups -OCH3 is 1. The van der Waals surface area contributed by atoms with Crippen molar-refractivity contribution in [1.82, 2.24) is 9.97 Å². The lowest BCUT2D eigenvalue weighted by atomic mass is 9.94. The van der Waals surface area contributed by atoms with Gasteiger partial charge in [0.1, 0.15) is 22.8 Å². The van der Waals surface area contributed by atoms with Crippen LogP contribution in [0, 0.1) is 0 Å². The summed E-state index contributed by atoms with van der Waals surface area (Å²) >= 11 is 7.67. The quantitative estimate of drug-likeness (QED) is 0.530. The first-order chi connectivity index (χ1) is 12.7. The second-order valence-electron chi connectivity index (χ2n) is 5.68. The van der Waals surface area contributed by atoms with E-state index in [0.717, 1.165) is 11.3 Å². The summed E-state index contributed by atoms with van der Waals surface area (Å²) in [5, 5.41) is 4.98. The molecule has 1 N–H and O–H groups in total. The number of thiazole rings is 1. The van der Waals surface area contributed by atoms with Gasteiger partial charge < -0.3 is 10.1 Å². The van der Waals surface area contributed by atoms with Crippen LogP contribution in [-0.4, -0.2) is 28.4 Å². The van der Waals surface area contributed by atoms with Crippen molar-refractivity contribution in [2.75, 3.05) is 17.3 Å². The molecule has 0 aliphatic carbocycles. The lowest BCUT2D eigenvalue weighted by Crippen LogP contribution is -2.56. The lowest BCUT2D eigenvalue weighted by Gasteiger charge is -2.42. The van der Waals surface area contributed by atoms with Crippen molar-refractivity contribution in [2.24, 2.45) is 0 Å². The van der Waals surface area contributed by atoms with Crippen LogP contribution in [0.15, 0.2) is 54.0 Å². The molecule has 0 radical (unpaired) electrons. The normalized spacial score (nSPS) is 19.2. The van der Waals surface area contributed by atoms with E-state index in [1.165, 1.54) is 11.3 Å². The van der Waals surface area contributed by atoms with Gasteiger partial charge >= 0.3 is 0 Å². The smallest absolute Gasteiger partial charge is 0.249 e. The molecule has 3 aromatic rings. The molecule has 1 aliphatic rings. The third-order valence-electron chi connectivity index (χ3n) is 4.11. The first kappa shape index (κ1) is 16.8. The number of ether oxygens (including phenoxy) is 1. The number of pyridine rings is 1. The number of carbonyl (C=O) groups is 1. The Morgan fingerprint density at radius 2 is 2.00 bits per heavy atom. The molecule has 1 saturated heterocycles. The summed E-state index contributed by atoms with van der Waals surface area (Å²) in [6.45, 7) is 0. The molecule has 1 amide bonds. The lowest BCUT2D eigenvalue weighted by molar-refractivity contribution is -0.123. The second kappa shape index (κ2) is 6.93. The molecule has 0 spiro atoms. The molecule has 0 bridgehead atoms. The van der Waals surface area contributed by atoms with Crippen LogP contribution < -0.4 is 15.0 Å². The minimum atomic E-state index is -0.598. The molecule has 132 valence electrons. The maximum atomic E-state index is 12.3. The van der Waals surface area contributed by atoms with Crippen molar-refractivity contribution in [1.29, 1.82) is 0 Å². The summed E-state index contributed by atoms with van der Waals surface area (Å²) < 4.78 is 5.18. The topological polar surface area (TPSA) is 67.3 Å². The fourth-order valence-electron chi connectivity index (χ4n) is 2.79. The Kier molecular flexibility index (Phi) is 4.48. The van der Waals surface area contributed by atoms with E-state index in [2.05, 4.69) is 15.3 Å². The van der Waals surface area contributed by atoms with Gasteiger partial charge in [0.05, 0.1) is 13.2 Å². The number of amides is 1. The zero-order chi connectivity index (χ0) is 18.1. The van der Waals surface area contributed by atoms with E-state index >= 15 is 0 Å². The molecule has 4 rings (SSSR count). The molecule has 1 aliphatic heterocycles. The third kappa shape index (κ3) is 3.00. The zero-order valence-corrected chi connectivity index (χ0v) is 15.4. The number of carbonyl (C=O) groups excluding carboxylic acids is 1. The van der Waals surface area contributed by atoms with Crippen molar-refractivity contribution in [3.8, 4) is 5.75 Å². The number of alkyl halides is 1. The van der Waals surface area contributed by atoms with Gasteiger partial charge in [0, 0.05) is 11.6 Å². The average molecular weight is 387 g/mol. The van der Waals surface area contributed by atoms with E-state index in [-0.39, 0.29) is 11.9 Å². The van der Waals surface area contributed by atoms with E-state index in [1.54, 1.807) is 18.2 Å². The molecule has 2 unspecified atom stereocenters. The predicted molar refractivity (Wildman–Crippen MR) is 102 cm³/mol. The van der Waals surface area contributed by atoms with E-state index in [4.69, 9.17) is 16.3 Å². The highest BCUT2D eigenvalue weighted by Gasteiger charge is 2.49. The van der Waals surface area contributed by atoms with Gasteiger partial charge in [0.2, 0.25) is 5.91 Å². The molecule has 8 heteroatoms. The number of nitrogens with one attached hydrogen (secondary N) is 1. The number of halogens is 1. The molecular weight excluding hydrogens is 372 g/mol. The number of hydrogen-bond acceptors (Lipinski definition) is 6. The van der Waals surface area contributed by atoms with Gasteiger partial charge in [0.15, 0.2) is 5.13 Å². The van der Waals surface area contributed by atoms with Gasteiger partial charge in [-0.1, -0.05) is 18.2 Å². The van der Waals surface area contributed by atoms with Crippen molar-refractivity contribution in [2.45, 2.75) is 11.4 Å². The summed E-state index contributed by atoms with van der Waals surface area (Å²) in [6, 6.07) is 12.9. The summed E-state index contributed by atoms with van der Waals surface area (Å²) in [5.74, 6) is 1.95. The summed E-state index contributed by atoms with van der Waals surface area (Å²) in [6.07, 6.45) is 1.70. The number of anilines is 3. The van der Waals surface area contributed by atoms with E-state index in [0.29, 0.717) is 16.8 Å². The Hall–Kier alpha value is -2.64. The molecule has 0 saturated carbocycles. The van der Waals surface area contributed by atoms with Crippen LogP contribution in [0.2, 0.25) is 0 Å². The minimum absolute atomic E-state index is 0.147. The highest BCUT2D eigenvalue weighted by Crippen LogP contribution is 2.44. The van der Waals surface area contributed by atoms with Crippen molar-refractivity contribution < 1.29 is 9.53 Å². The second-order valence-corrected chi connectivity index (χ2v) is 6.99. The number of aromatic nitrogens is 2. The predicted octanol–water partition coefficient (Wildman–Crippen LogP) is 3.99. The maximum Gasteiger partial charge on any atom is 0.249 e. The van der Waals surface area contributed by atoms with Gasteiger partial charge in [-0.15, -0.1) is 22.9 Å². The Balaban J connectivity index is 1.56. The number of β-lactam (4-membered cyclic amide) rings is 1. The average Bonchev–Trinajstić information content (AvgIpc) is 3.13. The van der Waals surface area contributed by atoms with Gasteiger partial charge in [-0.3, -0.25) is 9.69 Å². The Morgan fingerprint density at radius 3 is 2.69 bits per heavy atom. The fraction of sp³-hybridized carbons (Fsp3) is 0.167. The number of benzene rings is 1. The molecule has 26 heavy (non-hydrogen) atoms. The molecular formula is C18H15ClN4O2S. The van der Waals surface area contributed by atoms with Gasteiger partial charge in [-0.05, 0) is 29.8 Å². The minimum Gasteiger partial charge on any atom is -0.497 e. The Labute approximate surface area is 159 Å². The summed E-state index contributed by atoms with van der Waals surface area (Å²) in [7, 11) is 1.62. The first-order valence-corrected chi connectivity index (χ1v) is 9.23. The molecule has 2 atom stereocenters. The number of nitrogens with zero attached hydrogens (tertiary/aromatic N) is 3. The van der Waals surface area contributed by atoms with Crippen molar-refractivity contribution >= 4 is 45.6 Å². The molecule has 1 aromatic carbocycles. The van der Waals surface area contributed by atoms with Crippen LogP contribution in [0.4, 0.5) is 16.8 Å². The molecule has 3 heterocycles. The van der Waals surface area contributed by atoms with Crippen LogP contribution >= 0.6 is 22.9 Å². The molecule has 1 fully saturated rings. The van der Waals surface area contributed by atoms with E-state index in [9.17, 15) is 4.79 Å². The van der Waals surface area contributed by atoms with E-state index < -0.39 is 5.38 Å². The Bertz CT molecular complexity index is 916. The van der Waals surface area contributed by atoms with Crippen molar-refractivity contribution in [3.05, 3.63) is 59.6 Å². The summed E-state index contributed by atoms with van der Waals surface area (Å²) in [5.41, 5.74) is 0.944. The van der Waals surface area contributed by atoms with Crippen LogP contribution in [-0.2, 0) is 4.79 Å². The van der Waals surface area contributed by atoms with Crippen LogP contribution in [0.5, 0.6) is 5.75 Å².